The van der Waals surface area contributed by atoms with E-state index in [1.807, 2.05) is 11.9 Å². The number of ether oxygens (including phenoxy) is 2. The molecule has 1 aliphatic rings. The van der Waals surface area contributed by atoms with Gasteiger partial charge in [-0.25, -0.2) is 0 Å². The van der Waals surface area contributed by atoms with Gasteiger partial charge >= 0.3 is 6.18 Å². The van der Waals surface area contributed by atoms with E-state index in [-0.39, 0.29) is 29.7 Å². The average Bonchev–Trinajstić information content (AvgIpc) is 2.66. The molecule has 0 bridgehead atoms. The molecule has 28 heavy (non-hydrogen) atoms. The van der Waals surface area contributed by atoms with Crippen molar-refractivity contribution in [2.24, 2.45) is 10.9 Å². The summed E-state index contributed by atoms with van der Waals surface area (Å²) in [4.78, 5) is 6.30. The zero-order chi connectivity index (χ0) is 19.7. The normalized spacial score (nSPS) is 15.7. The monoisotopic (exact) mass is 515 g/mol. The fourth-order valence-electron chi connectivity index (χ4n) is 3.03. The van der Waals surface area contributed by atoms with E-state index in [0.29, 0.717) is 24.0 Å². The number of aliphatic imine (C=N–C) groups is 1. The van der Waals surface area contributed by atoms with Crippen LogP contribution < -0.4 is 10.1 Å². The van der Waals surface area contributed by atoms with E-state index in [1.165, 1.54) is 0 Å². The summed E-state index contributed by atoms with van der Waals surface area (Å²) in [6, 6.07) is 6.72. The Kier molecular flexibility index (Phi) is 10.9. The molecule has 1 heterocycles. The van der Waals surface area contributed by atoms with Crippen molar-refractivity contribution in [3.8, 4) is 5.75 Å². The highest BCUT2D eigenvalue weighted by Gasteiger charge is 2.28. The van der Waals surface area contributed by atoms with Crippen LogP contribution in [0.4, 0.5) is 13.2 Å². The Bertz CT molecular complexity index is 608. The average molecular weight is 515 g/mol. The van der Waals surface area contributed by atoms with E-state index < -0.39 is 12.8 Å². The number of nitrogens with zero attached hydrogens (tertiary/aromatic N) is 2. The van der Waals surface area contributed by atoms with Crippen LogP contribution in [0.1, 0.15) is 24.8 Å². The minimum atomic E-state index is -4.36. The molecule has 1 aliphatic heterocycles. The Morgan fingerprint density at radius 2 is 1.96 bits per heavy atom. The molecule has 0 aliphatic carbocycles. The number of benzene rings is 1. The minimum absolute atomic E-state index is 0. The standard InChI is InChI=1S/C19H28F3N3O2.HI/c1-23-18(25(2)10-7-15-8-11-26-12-9-15)24-13-16-5-3-4-6-17(16)27-14-19(20,21)22;/h3-6,15H,7-14H2,1-2H3,(H,23,24);1H. The van der Waals surface area contributed by atoms with Crippen molar-refractivity contribution < 1.29 is 22.6 Å². The molecular weight excluding hydrogens is 486 g/mol. The lowest BCUT2D eigenvalue weighted by Gasteiger charge is -2.27. The number of para-hydroxylation sites is 1. The molecule has 0 unspecified atom stereocenters. The third-order valence-electron chi connectivity index (χ3n) is 4.59. The summed E-state index contributed by atoms with van der Waals surface area (Å²) in [5.74, 6) is 1.59. The Labute approximate surface area is 181 Å². The topological polar surface area (TPSA) is 46.1 Å². The van der Waals surface area contributed by atoms with Gasteiger partial charge < -0.3 is 19.7 Å². The van der Waals surface area contributed by atoms with Crippen LogP contribution in [0.25, 0.3) is 0 Å². The third kappa shape index (κ3) is 8.85. The number of alkyl halides is 3. The van der Waals surface area contributed by atoms with Crippen LogP contribution in [0, 0.1) is 5.92 Å². The summed E-state index contributed by atoms with van der Waals surface area (Å²) in [5.41, 5.74) is 0.653. The summed E-state index contributed by atoms with van der Waals surface area (Å²) in [6.07, 6.45) is -1.12. The second-order valence-corrected chi connectivity index (χ2v) is 6.68. The zero-order valence-corrected chi connectivity index (χ0v) is 18.6. The summed E-state index contributed by atoms with van der Waals surface area (Å²) < 4.78 is 47.5. The number of halogens is 4. The number of guanidine groups is 1. The summed E-state index contributed by atoms with van der Waals surface area (Å²) in [5, 5.41) is 3.20. The molecule has 0 aromatic heterocycles. The molecule has 0 atom stereocenters. The lowest BCUT2D eigenvalue weighted by molar-refractivity contribution is -0.153. The molecule has 0 saturated carbocycles. The highest BCUT2D eigenvalue weighted by atomic mass is 127. The van der Waals surface area contributed by atoms with Crippen LogP contribution in [0.3, 0.4) is 0 Å². The van der Waals surface area contributed by atoms with Crippen molar-refractivity contribution in [1.29, 1.82) is 0 Å². The van der Waals surface area contributed by atoms with Gasteiger partial charge in [0.2, 0.25) is 0 Å². The molecular formula is C19H29F3IN3O2. The molecule has 1 saturated heterocycles. The number of hydrogen-bond acceptors (Lipinski definition) is 3. The maximum absolute atomic E-state index is 12.4. The van der Waals surface area contributed by atoms with Gasteiger partial charge in [0, 0.05) is 46.0 Å². The summed E-state index contributed by atoms with van der Waals surface area (Å²) in [6.45, 7) is 1.55. The van der Waals surface area contributed by atoms with Gasteiger partial charge in [0.25, 0.3) is 0 Å². The van der Waals surface area contributed by atoms with E-state index in [1.54, 1.807) is 31.3 Å². The molecule has 1 N–H and O–H groups in total. The number of hydrogen-bond donors (Lipinski definition) is 1. The van der Waals surface area contributed by atoms with Crippen molar-refractivity contribution in [2.75, 3.05) is 40.5 Å². The van der Waals surface area contributed by atoms with Gasteiger partial charge in [-0.3, -0.25) is 4.99 Å². The lowest BCUT2D eigenvalue weighted by Crippen LogP contribution is -2.39. The number of rotatable bonds is 7. The van der Waals surface area contributed by atoms with Crippen molar-refractivity contribution in [2.45, 2.75) is 32.0 Å². The summed E-state index contributed by atoms with van der Waals surface area (Å²) >= 11 is 0. The van der Waals surface area contributed by atoms with E-state index in [9.17, 15) is 13.2 Å². The van der Waals surface area contributed by atoms with Gasteiger partial charge in [-0.15, -0.1) is 24.0 Å². The van der Waals surface area contributed by atoms with Gasteiger partial charge in [-0.2, -0.15) is 13.2 Å². The van der Waals surface area contributed by atoms with Crippen LogP contribution in [0.15, 0.2) is 29.3 Å². The van der Waals surface area contributed by atoms with Gasteiger partial charge in [0.05, 0.1) is 0 Å². The molecule has 0 amide bonds. The van der Waals surface area contributed by atoms with E-state index >= 15 is 0 Å². The Morgan fingerprint density at radius 3 is 2.61 bits per heavy atom. The zero-order valence-electron chi connectivity index (χ0n) is 16.3. The van der Waals surface area contributed by atoms with Crippen molar-refractivity contribution in [1.82, 2.24) is 10.2 Å². The first-order chi connectivity index (χ1) is 12.9. The number of nitrogens with one attached hydrogen (secondary N) is 1. The largest absolute Gasteiger partial charge is 0.484 e. The van der Waals surface area contributed by atoms with E-state index in [4.69, 9.17) is 9.47 Å². The molecule has 1 aromatic carbocycles. The van der Waals surface area contributed by atoms with Gasteiger partial charge in [0.1, 0.15) is 5.75 Å². The molecule has 5 nitrogen and oxygen atoms in total. The SMILES string of the molecule is CN=C(NCc1ccccc1OCC(F)(F)F)N(C)CCC1CCOCC1.I. The first-order valence-electron chi connectivity index (χ1n) is 9.16. The first kappa shape index (κ1) is 24.8. The smallest absolute Gasteiger partial charge is 0.422 e. The molecule has 0 radical (unpaired) electrons. The quantitative estimate of drug-likeness (QED) is 0.338. The van der Waals surface area contributed by atoms with Crippen LogP contribution in [-0.4, -0.2) is 57.5 Å². The summed E-state index contributed by atoms with van der Waals surface area (Å²) in [7, 11) is 3.65. The maximum atomic E-state index is 12.4. The predicted octanol–water partition coefficient (Wildman–Crippen LogP) is 4.07. The molecule has 0 spiro atoms. The molecule has 160 valence electrons. The van der Waals surface area contributed by atoms with Crippen molar-refractivity contribution in [3.05, 3.63) is 29.8 Å². The Hall–Kier alpha value is -1.23. The van der Waals surface area contributed by atoms with Gasteiger partial charge in [-0.05, 0) is 31.2 Å². The molecule has 1 fully saturated rings. The van der Waals surface area contributed by atoms with Crippen molar-refractivity contribution in [3.63, 3.8) is 0 Å². The second-order valence-electron chi connectivity index (χ2n) is 6.68. The highest BCUT2D eigenvalue weighted by molar-refractivity contribution is 14.0. The van der Waals surface area contributed by atoms with Gasteiger partial charge in [0.15, 0.2) is 12.6 Å². The Balaban J connectivity index is 0.00000392. The Morgan fingerprint density at radius 1 is 1.29 bits per heavy atom. The highest BCUT2D eigenvalue weighted by Crippen LogP contribution is 2.22. The van der Waals surface area contributed by atoms with Crippen LogP contribution in [0.2, 0.25) is 0 Å². The van der Waals surface area contributed by atoms with Crippen LogP contribution >= 0.6 is 24.0 Å². The molecule has 2 rings (SSSR count). The lowest BCUT2D eigenvalue weighted by atomic mass is 9.96. The van der Waals surface area contributed by atoms with E-state index in [2.05, 4.69) is 10.3 Å². The van der Waals surface area contributed by atoms with Crippen LogP contribution in [-0.2, 0) is 11.3 Å². The minimum Gasteiger partial charge on any atom is -0.484 e. The predicted molar refractivity (Wildman–Crippen MR) is 114 cm³/mol. The fraction of sp³-hybridized carbons (Fsp3) is 0.632. The fourth-order valence-corrected chi connectivity index (χ4v) is 3.03. The maximum Gasteiger partial charge on any atom is 0.422 e. The van der Waals surface area contributed by atoms with Crippen molar-refractivity contribution >= 4 is 29.9 Å². The third-order valence-corrected chi connectivity index (χ3v) is 4.59. The first-order valence-corrected chi connectivity index (χ1v) is 9.16. The second kappa shape index (κ2) is 12.4. The molecule has 1 aromatic rings. The molecule has 9 heteroatoms. The van der Waals surface area contributed by atoms with Crippen LogP contribution in [0.5, 0.6) is 5.75 Å². The van der Waals surface area contributed by atoms with Gasteiger partial charge in [-0.1, -0.05) is 18.2 Å². The van der Waals surface area contributed by atoms with E-state index in [0.717, 1.165) is 39.0 Å².